The maximum atomic E-state index is 13.5. The molecule has 2 aromatic rings. The van der Waals surface area contributed by atoms with Crippen LogP contribution >= 0.6 is 0 Å². The second-order valence-corrected chi connectivity index (χ2v) is 7.00. The lowest BCUT2D eigenvalue weighted by molar-refractivity contribution is -0.123. The van der Waals surface area contributed by atoms with E-state index in [2.05, 4.69) is 10.3 Å². The van der Waals surface area contributed by atoms with E-state index < -0.39 is 12.6 Å². The van der Waals surface area contributed by atoms with E-state index in [0.717, 1.165) is 4.57 Å². The number of carbonyl (C=O) groups is 1. The fourth-order valence-electron chi connectivity index (χ4n) is 2.58. The molecule has 0 spiro atoms. The zero-order chi connectivity index (χ0) is 18.1. The second kappa shape index (κ2) is 6.84. The predicted molar refractivity (Wildman–Crippen MR) is 89.9 cm³/mol. The first-order valence-corrected chi connectivity index (χ1v) is 7.86. The van der Waals surface area contributed by atoms with E-state index in [1.807, 2.05) is 20.8 Å². The molecule has 0 aliphatic rings. The van der Waals surface area contributed by atoms with Crippen LogP contribution < -0.4 is 5.32 Å². The molecule has 0 radical (unpaired) electrons. The standard InChI is InChI=1S/C17H24F2N4O/c1-11(22(5)10-14(24)21-17(2,3)4)15-20-12-8-6-7-9-13(12)23(15)16(18)19/h6-9,11,16H,10H2,1-5H3,(H,21,24)/t11-/m1/s1. The zero-order valence-electron chi connectivity index (χ0n) is 14.7. The highest BCUT2D eigenvalue weighted by Gasteiger charge is 2.25. The van der Waals surface area contributed by atoms with E-state index in [4.69, 9.17) is 0 Å². The summed E-state index contributed by atoms with van der Waals surface area (Å²) in [7, 11) is 1.72. The van der Waals surface area contributed by atoms with Crippen LogP contribution in [0, 0.1) is 0 Å². The Hall–Kier alpha value is -2.02. The number of nitrogens with zero attached hydrogens (tertiary/aromatic N) is 3. The van der Waals surface area contributed by atoms with Crippen molar-refractivity contribution < 1.29 is 13.6 Å². The van der Waals surface area contributed by atoms with Crippen molar-refractivity contribution in [1.29, 1.82) is 0 Å². The van der Waals surface area contributed by atoms with Crippen LogP contribution in [0.3, 0.4) is 0 Å². The minimum absolute atomic E-state index is 0.102. The van der Waals surface area contributed by atoms with Crippen molar-refractivity contribution >= 4 is 16.9 Å². The van der Waals surface area contributed by atoms with Crippen LogP contribution in [0.5, 0.6) is 0 Å². The summed E-state index contributed by atoms with van der Waals surface area (Å²) in [5.41, 5.74) is 0.575. The molecule has 1 heterocycles. The fourth-order valence-corrected chi connectivity index (χ4v) is 2.58. The van der Waals surface area contributed by atoms with E-state index in [-0.39, 0.29) is 23.8 Å². The summed E-state index contributed by atoms with van der Waals surface area (Å²) >= 11 is 0. The van der Waals surface area contributed by atoms with Crippen LogP contribution in [0.1, 0.15) is 46.1 Å². The van der Waals surface area contributed by atoms with Gasteiger partial charge in [-0.25, -0.2) is 4.98 Å². The first-order valence-electron chi connectivity index (χ1n) is 7.86. The largest absolute Gasteiger partial charge is 0.350 e. The Labute approximate surface area is 140 Å². The third-order valence-corrected chi connectivity index (χ3v) is 3.76. The van der Waals surface area contributed by atoms with E-state index in [0.29, 0.717) is 11.0 Å². The first-order chi connectivity index (χ1) is 11.1. The second-order valence-electron chi connectivity index (χ2n) is 7.00. The number of alkyl halides is 2. The zero-order valence-corrected chi connectivity index (χ0v) is 14.7. The number of halogens is 2. The van der Waals surface area contributed by atoms with Gasteiger partial charge in [0.05, 0.1) is 23.6 Å². The molecule has 0 bridgehead atoms. The average Bonchev–Trinajstić information content (AvgIpc) is 2.83. The van der Waals surface area contributed by atoms with Gasteiger partial charge in [-0.1, -0.05) is 12.1 Å². The Balaban J connectivity index is 2.25. The lowest BCUT2D eigenvalue weighted by Crippen LogP contribution is -2.45. The molecular weight excluding hydrogens is 314 g/mol. The normalized spacial score (nSPS) is 13.7. The highest BCUT2D eigenvalue weighted by atomic mass is 19.3. The van der Waals surface area contributed by atoms with Gasteiger partial charge in [-0.2, -0.15) is 8.78 Å². The average molecular weight is 338 g/mol. The maximum absolute atomic E-state index is 13.5. The lowest BCUT2D eigenvalue weighted by Gasteiger charge is -2.27. The summed E-state index contributed by atoms with van der Waals surface area (Å²) in [5.74, 6) is 0.0915. The topological polar surface area (TPSA) is 50.2 Å². The molecular formula is C17H24F2N4O. The van der Waals surface area contributed by atoms with Gasteiger partial charge in [-0.05, 0) is 46.9 Å². The number of rotatable bonds is 5. The number of para-hydroxylation sites is 2. The summed E-state index contributed by atoms with van der Waals surface area (Å²) in [6, 6.07) is 6.36. The van der Waals surface area contributed by atoms with Crippen LogP contribution in [0.2, 0.25) is 0 Å². The Morgan fingerprint density at radius 2 is 1.96 bits per heavy atom. The van der Waals surface area contributed by atoms with Crippen molar-refractivity contribution in [3.8, 4) is 0 Å². The van der Waals surface area contributed by atoms with E-state index >= 15 is 0 Å². The maximum Gasteiger partial charge on any atom is 0.320 e. The quantitative estimate of drug-likeness (QED) is 0.910. The van der Waals surface area contributed by atoms with Gasteiger partial charge < -0.3 is 5.32 Å². The molecule has 0 aliphatic carbocycles. The van der Waals surface area contributed by atoms with Crippen LogP contribution in [0.25, 0.3) is 11.0 Å². The van der Waals surface area contributed by atoms with Crippen molar-refractivity contribution in [3.63, 3.8) is 0 Å². The van der Waals surface area contributed by atoms with Crippen molar-refractivity contribution in [2.45, 2.75) is 45.8 Å². The summed E-state index contributed by atoms with van der Waals surface area (Å²) in [4.78, 5) is 18.1. The van der Waals surface area contributed by atoms with Crippen molar-refractivity contribution in [1.82, 2.24) is 19.8 Å². The number of likely N-dealkylation sites (N-methyl/N-ethyl adjacent to an activating group) is 1. The summed E-state index contributed by atoms with van der Waals surface area (Å²) in [6.45, 7) is 4.86. The third kappa shape index (κ3) is 4.08. The Kier molecular flexibility index (Phi) is 5.22. The molecule has 1 atom stereocenters. The Morgan fingerprint density at radius 1 is 1.33 bits per heavy atom. The number of hydrogen-bond donors (Lipinski definition) is 1. The third-order valence-electron chi connectivity index (χ3n) is 3.76. The number of hydrogen-bond acceptors (Lipinski definition) is 3. The molecule has 1 amide bonds. The van der Waals surface area contributed by atoms with Gasteiger partial charge in [0.15, 0.2) is 0 Å². The smallest absolute Gasteiger partial charge is 0.320 e. The van der Waals surface area contributed by atoms with Gasteiger partial charge >= 0.3 is 6.55 Å². The van der Waals surface area contributed by atoms with Crippen molar-refractivity contribution in [3.05, 3.63) is 30.1 Å². The minimum atomic E-state index is -2.69. The molecule has 1 N–H and O–H groups in total. The van der Waals surface area contributed by atoms with Crippen LogP contribution in [0.4, 0.5) is 8.78 Å². The molecule has 1 aromatic carbocycles. The molecule has 7 heteroatoms. The molecule has 0 saturated heterocycles. The van der Waals surface area contributed by atoms with Gasteiger partial charge in [-0.15, -0.1) is 0 Å². The van der Waals surface area contributed by atoms with Crippen LogP contribution in [-0.2, 0) is 4.79 Å². The van der Waals surface area contributed by atoms with E-state index in [1.165, 1.54) is 0 Å². The summed E-state index contributed by atoms with van der Waals surface area (Å²) < 4.78 is 28.0. The molecule has 0 saturated carbocycles. The van der Waals surface area contributed by atoms with Gasteiger partial charge in [0.2, 0.25) is 5.91 Å². The van der Waals surface area contributed by atoms with Crippen LogP contribution in [-0.4, -0.2) is 39.5 Å². The molecule has 24 heavy (non-hydrogen) atoms. The van der Waals surface area contributed by atoms with Gasteiger partial charge in [0.25, 0.3) is 0 Å². The van der Waals surface area contributed by atoms with Crippen molar-refractivity contribution in [2.75, 3.05) is 13.6 Å². The summed E-state index contributed by atoms with van der Waals surface area (Å²) in [5, 5.41) is 2.86. The molecule has 0 fully saturated rings. The highest BCUT2D eigenvalue weighted by molar-refractivity contribution is 5.79. The van der Waals surface area contributed by atoms with Crippen molar-refractivity contribution in [2.24, 2.45) is 0 Å². The molecule has 0 unspecified atom stereocenters. The number of nitrogens with one attached hydrogen (secondary N) is 1. The number of benzene rings is 1. The Bertz CT molecular complexity index is 721. The number of fused-ring (bicyclic) bond motifs is 1. The highest BCUT2D eigenvalue weighted by Crippen LogP contribution is 2.28. The van der Waals surface area contributed by atoms with E-state index in [9.17, 15) is 13.6 Å². The molecule has 2 rings (SSSR count). The lowest BCUT2D eigenvalue weighted by atomic mass is 10.1. The van der Waals surface area contributed by atoms with Gasteiger partial charge in [0.1, 0.15) is 5.82 Å². The predicted octanol–water partition coefficient (Wildman–Crippen LogP) is 3.34. The number of imidazole rings is 1. The number of aromatic nitrogens is 2. The molecule has 132 valence electrons. The Morgan fingerprint density at radius 3 is 2.54 bits per heavy atom. The van der Waals surface area contributed by atoms with Gasteiger partial charge in [-0.3, -0.25) is 14.3 Å². The fraction of sp³-hybridized carbons (Fsp3) is 0.529. The number of carbonyl (C=O) groups excluding carboxylic acids is 1. The molecule has 5 nitrogen and oxygen atoms in total. The van der Waals surface area contributed by atoms with Crippen LogP contribution in [0.15, 0.2) is 24.3 Å². The number of amides is 1. The summed E-state index contributed by atoms with van der Waals surface area (Å²) in [6.07, 6.45) is 0. The monoisotopic (exact) mass is 338 g/mol. The SMILES string of the molecule is C[C@H](c1nc2ccccc2n1C(F)F)N(C)CC(=O)NC(C)(C)C. The minimum Gasteiger partial charge on any atom is -0.350 e. The van der Waals surface area contributed by atoms with E-state index in [1.54, 1.807) is 43.1 Å². The van der Waals surface area contributed by atoms with Gasteiger partial charge in [0, 0.05) is 5.54 Å². The molecule has 0 aliphatic heterocycles. The first kappa shape index (κ1) is 18.3. The molecule has 1 aromatic heterocycles.